The second-order valence-electron chi connectivity index (χ2n) is 7.69. The van der Waals surface area contributed by atoms with E-state index < -0.39 is 6.04 Å². The van der Waals surface area contributed by atoms with E-state index in [0.29, 0.717) is 42.6 Å². The molecule has 0 saturated carbocycles. The molecule has 1 aromatic carbocycles. The second kappa shape index (κ2) is 9.58. The Hall–Kier alpha value is -1.30. The number of halogens is 2. The number of carbonyl (C=O) groups excluding carboxylic acids is 2. The maximum atomic E-state index is 13.0. The van der Waals surface area contributed by atoms with E-state index in [1.54, 1.807) is 24.3 Å². The average Bonchev–Trinajstić information content (AvgIpc) is 2.97. The van der Waals surface area contributed by atoms with Crippen LogP contribution in [0.15, 0.2) is 24.3 Å². The van der Waals surface area contributed by atoms with Gasteiger partial charge in [0, 0.05) is 23.7 Å². The molecule has 2 unspecified atom stereocenters. The van der Waals surface area contributed by atoms with E-state index in [1.807, 2.05) is 18.7 Å². The van der Waals surface area contributed by atoms with E-state index in [9.17, 15) is 9.59 Å². The summed E-state index contributed by atoms with van der Waals surface area (Å²) in [6.07, 6.45) is 1.50. The van der Waals surface area contributed by atoms with Crippen molar-refractivity contribution >= 4 is 35.8 Å². The molecule has 1 aliphatic heterocycles. The van der Waals surface area contributed by atoms with E-state index in [0.717, 1.165) is 6.42 Å². The standard InChI is InChI=1S/C19H28ClN3O2.ClH/c1-13(2)10-16(18(25)23-9-8-19(3,11-21)12-23)22-17(24)14-4-6-15(20)7-5-14;/h4-7,13,16H,8-12,21H2,1-3H3,(H,22,24);1H. The number of likely N-dealkylation sites (tertiary alicyclic amines) is 1. The zero-order valence-corrected chi connectivity index (χ0v) is 17.2. The van der Waals surface area contributed by atoms with Crippen molar-refractivity contribution in [1.82, 2.24) is 10.2 Å². The molecule has 0 radical (unpaired) electrons. The summed E-state index contributed by atoms with van der Waals surface area (Å²) < 4.78 is 0. The van der Waals surface area contributed by atoms with Crippen molar-refractivity contribution in [3.05, 3.63) is 34.9 Å². The van der Waals surface area contributed by atoms with Gasteiger partial charge in [-0.15, -0.1) is 12.4 Å². The van der Waals surface area contributed by atoms with Gasteiger partial charge in [0.1, 0.15) is 6.04 Å². The van der Waals surface area contributed by atoms with E-state index in [2.05, 4.69) is 12.2 Å². The maximum absolute atomic E-state index is 13.0. The van der Waals surface area contributed by atoms with Crippen molar-refractivity contribution in [3.63, 3.8) is 0 Å². The first kappa shape index (κ1) is 22.7. The molecule has 1 heterocycles. The fourth-order valence-corrected chi connectivity index (χ4v) is 3.26. The molecule has 26 heavy (non-hydrogen) atoms. The van der Waals surface area contributed by atoms with Crippen molar-refractivity contribution < 1.29 is 9.59 Å². The molecule has 5 nitrogen and oxygen atoms in total. The molecule has 1 saturated heterocycles. The van der Waals surface area contributed by atoms with Gasteiger partial charge < -0.3 is 16.0 Å². The molecule has 3 N–H and O–H groups in total. The third kappa shape index (κ3) is 5.86. The molecule has 2 atom stereocenters. The Morgan fingerprint density at radius 1 is 1.31 bits per heavy atom. The third-order valence-corrected chi connectivity index (χ3v) is 5.03. The largest absolute Gasteiger partial charge is 0.340 e. The minimum atomic E-state index is -0.525. The number of amides is 2. The molecule has 1 aromatic rings. The predicted molar refractivity (Wildman–Crippen MR) is 108 cm³/mol. The lowest BCUT2D eigenvalue weighted by Crippen LogP contribution is -2.49. The molecule has 1 fully saturated rings. The maximum Gasteiger partial charge on any atom is 0.251 e. The smallest absolute Gasteiger partial charge is 0.251 e. The number of nitrogens with two attached hydrogens (primary N) is 1. The SMILES string of the molecule is CC(C)CC(NC(=O)c1ccc(Cl)cc1)C(=O)N1CCC(C)(CN)C1.Cl. The second-order valence-corrected chi connectivity index (χ2v) is 8.12. The topological polar surface area (TPSA) is 75.4 Å². The Morgan fingerprint density at radius 3 is 2.42 bits per heavy atom. The lowest BCUT2D eigenvalue weighted by Gasteiger charge is -2.27. The molecule has 0 spiro atoms. The van der Waals surface area contributed by atoms with Gasteiger partial charge >= 0.3 is 0 Å². The Bertz CT molecular complexity index is 622. The van der Waals surface area contributed by atoms with E-state index in [-0.39, 0.29) is 29.6 Å². The van der Waals surface area contributed by atoms with Crippen LogP contribution in [0.3, 0.4) is 0 Å². The molecule has 1 aliphatic rings. The molecule has 146 valence electrons. The van der Waals surface area contributed by atoms with E-state index >= 15 is 0 Å². The van der Waals surface area contributed by atoms with Crippen LogP contribution >= 0.6 is 24.0 Å². The first-order chi connectivity index (χ1) is 11.7. The lowest BCUT2D eigenvalue weighted by atomic mass is 9.90. The number of nitrogens with zero attached hydrogens (tertiary/aromatic N) is 1. The number of carbonyl (C=O) groups is 2. The van der Waals surface area contributed by atoms with Gasteiger partial charge in [0.05, 0.1) is 0 Å². The molecular weight excluding hydrogens is 373 g/mol. The van der Waals surface area contributed by atoms with Crippen molar-refractivity contribution in [1.29, 1.82) is 0 Å². The number of rotatable bonds is 6. The first-order valence-electron chi connectivity index (χ1n) is 8.79. The average molecular weight is 402 g/mol. The number of benzene rings is 1. The normalized spacial score (nSPS) is 20.6. The van der Waals surface area contributed by atoms with Crippen molar-refractivity contribution in [2.24, 2.45) is 17.1 Å². The Labute approximate surface area is 167 Å². The van der Waals surface area contributed by atoms with E-state index in [4.69, 9.17) is 17.3 Å². The lowest BCUT2D eigenvalue weighted by molar-refractivity contribution is -0.133. The summed E-state index contributed by atoms with van der Waals surface area (Å²) in [5.74, 6) is 0.0209. The highest BCUT2D eigenvalue weighted by Crippen LogP contribution is 2.29. The zero-order valence-electron chi connectivity index (χ0n) is 15.6. The summed E-state index contributed by atoms with van der Waals surface area (Å²) in [5.41, 5.74) is 6.31. The first-order valence-corrected chi connectivity index (χ1v) is 9.17. The summed E-state index contributed by atoms with van der Waals surface area (Å²) in [6.45, 7) is 8.09. The van der Waals surface area contributed by atoms with Crippen molar-refractivity contribution in [2.45, 2.75) is 39.7 Å². The summed E-state index contributed by atoms with van der Waals surface area (Å²) in [5, 5.41) is 3.48. The van der Waals surface area contributed by atoms with Crippen LogP contribution in [0.1, 0.15) is 44.0 Å². The van der Waals surface area contributed by atoms with Crippen LogP contribution in [0.5, 0.6) is 0 Å². The minimum Gasteiger partial charge on any atom is -0.340 e. The Kier molecular flexibility index (Phi) is 8.38. The fourth-order valence-electron chi connectivity index (χ4n) is 3.13. The van der Waals surface area contributed by atoms with Crippen LogP contribution in [-0.4, -0.2) is 42.4 Å². The monoisotopic (exact) mass is 401 g/mol. The predicted octanol–water partition coefficient (Wildman–Crippen LogP) is 3.10. The summed E-state index contributed by atoms with van der Waals surface area (Å²) in [6, 6.07) is 6.14. The summed E-state index contributed by atoms with van der Waals surface area (Å²) in [7, 11) is 0. The molecule has 0 bridgehead atoms. The highest BCUT2D eigenvalue weighted by Gasteiger charge is 2.37. The van der Waals surface area contributed by atoms with Crippen molar-refractivity contribution in [3.8, 4) is 0 Å². The zero-order chi connectivity index (χ0) is 18.6. The number of nitrogens with one attached hydrogen (secondary N) is 1. The highest BCUT2D eigenvalue weighted by atomic mass is 35.5. The van der Waals surface area contributed by atoms with Gasteiger partial charge in [-0.25, -0.2) is 0 Å². The van der Waals surface area contributed by atoms with Gasteiger partial charge in [-0.05, 0) is 55.0 Å². The molecular formula is C19H29Cl2N3O2. The number of hydrogen-bond donors (Lipinski definition) is 2. The molecule has 7 heteroatoms. The quantitative estimate of drug-likeness (QED) is 0.768. The highest BCUT2D eigenvalue weighted by molar-refractivity contribution is 6.30. The molecule has 2 rings (SSSR count). The van der Waals surface area contributed by atoms with Crippen LogP contribution < -0.4 is 11.1 Å². The van der Waals surface area contributed by atoms with Gasteiger partial charge in [-0.1, -0.05) is 32.4 Å². The van der Waals surface area contributed by atoms with E-state index in [1.165, 1.54) is 0 Å². The van der Waals surface area contributed by atoms with Gasteiger partial charge in [0.25, 0.3) is 5.91 Å². The van der Waals surface area contributed by atoms with Crippen LogP contribution in [0.4, 0.5) is 0 Å². The van der Waals surface area contributed by atoms with Gasteiger partial charge in [-0.2, -0.15) is 0 Å². The molecule has 0 aliphatic carbocycles. The fraction of sp³-hybridized carbons (Fsp3) is 0.579. The Balaban J connectivity index is 0.00000338. The molecule has 0 aromatic heterocycles. The minimum absolute atomic E-state index is 0. The van der Waals surface area contributed by atoms with Gasteiger partial charge in [0.15, 0.2) is 0 Å². The van der Waals surface area contributed by atoms with Crippen LogP contribution in [0.25, 0.3) is 0 Å². The summed E-state index contributed by atoms with van der Waals surface area (Å²) in [4.78, 5) is 27.3. The number of hydrogen-bond acceptors (Lipinski definition) is 3. The van der Waals surface area contributed by atoms with Crippen LogP contribution in [0.2, 0.25) is 5.02 Å². The van der Waals surface area contributed by atoms with Gasteiger partial charge in [0.2, 0.25) is 5.91 Å². The summed E-state index contributed by atoms with van der Waals surface area (Å²) >= 11 is 5.87. The van der Waals surface area contributed by atoms with Crippen molar-refractivity contribution in [2.75, 3.05) is 19.6 Å². The Morgan fingerprint density at radius 2 is 1.92 bits per heavy atom. The van der Waals surface area contributed by atoms with Gasteiger partial charge in [-0.3, -0.25) is 9.59 Å². The third-order valence-electron chi connectivity index (χ3n) is 4.78. The van der Waals surface area contributed by atoms with Crippen LogP contribution in [-0.2, 0) is 4.79 Å². The van der Waals surface area contributed by atoms with Crippen LogP contribution in [0, 0.1) is 11.3 Å². The molecule has 2 amide bonds.